The fraction of sp³-hybridized carbons (Fsp3) is 0.567. The van der Waals surface area contributed by atoms with E-state index in [1.165, 1.54) is 38.2 Å². The molecule has 2 saturated heterocycles. The molecular weight excluding hydrogens is 1040 g/mol. The first-order valence-corrected chi connectivity index (χ1v) is 27.8. The third-order valence-electron chi connectivity index (χ3n) is 16.8. The van der Waals surface area contributed by atoms with Crippen molar-refractivity contribution < 1.29 is 71.4 Å². The van der Waals surface area contributed by atoms with E-state index in [9.17, 15) is 52.5 Å². The number of piperidine rings is 2. The molecule has 9 rings (SSSR count). The molecule has 5 bridgehead atoms. The summed E-state index contributed by atoms with van der Waals surface area (Å²) in [6, 6.07) is 3.64. The molecule has 20 heteroatoms. The number of phenols is 1. The number of aliphatic imine (C=N–C) groups is 1. The molecule has 6 aliphatic heterocycles. The molecule has 0 saturated carbocycles. The van der Waals surface area contributed by atoms with E-state index in [1.54, 1.807) is 58.9 Å². The number of esters is 1. The van der Waals surface area contributed by atoms with Gasteiger partial charge >= 0.3 is 17.9 Å². The number of nitrogens with one attached hydrogen (secondary N) is 2. The highest BCUT2D eigenvalue weighted by Gasteiger charge is 2.54. The van der Waals surface area contributed by atoms with Crippen LogP contribution in [0, 0.1) is 42.4 Å². The zero-order chi connectivity index (χ0) is 58.3. The van der Waals surface area contributed by atoms with E-state index in [4.69, 9.17) is 23.9 Å². The van der Waals surface area contributed by atoms with Crippen LogP contribution in [0.5, 0.6) is 17.2 Å². The summed E-state index contributed by atoms with van der Waals surface area (Å²) < 4.78 is 64.5. The number of ketones is 2. The van der Waals surface area contributed by atoms with Crippen LogP contribution in [0.4, 0.5) is 13.2 Å². The fourth-order valence-electron chi connectivity index (χ4n) is 12.0. The zero-order valence-corrected chi connectivity index (χ0v) is 47.3. The van der Waals surface area contributed by atoms with Crippen LogP contribution in [0.3, 0.4) is 0 Å². The van der Waals surface area contributed by atoms with Gasteiger partial charge in [-0.1, -0.05) is 59.8 Å². The number of rotatable bonds is 8. The van der Waals surface area contributed by atoms with E-state index < -0.39 is 107 Å². The summed E-state index contributed by atoms with van der Waals surface area (Å²) in [5, 5.41) is 41.7. The Morgan fingerprint density at radius 2 is 1.62 bits per heavy atom. The molecule has 0 radical (unpaired) electrons. The third kappa shape index (κ3) is 12.2. The molecule has 17 nitrogen and oxygen atoms in total. The number of hydrogen-bond acceptors (Lipinski definition) is 15. The lowest BCUT2D eigenvalue weighted by atomic mass is 9.79. The molecule has 80 heavy (non-hydrogen) atoms. The predicted octanol–water partition coefficient (Wildman–Crippen LogP) is 7.87. The van der Waals surface area contributed by atoms with Gasteiger partial charge in [0.1, 0.15) is 41.1 Å². The minimum absolute atomic E-state index is 0.00271. The standard InChI is InChI=1S/C60H76F3N5O12/c1-31(2)30-67-22-18-59(19-23-67)65-47-44-45-52(73)37(8)55-46(44)56(75)58(9,80-55)78-24-12-15-33(4)54(36(7)51(72)35(6)50(71)32(3)13-11-14-34(5)57(76)64-49(53(45)74)48(47)66-59)79-43(70)29-42(69)68-20-16-38(17-21-68)25-39-26-40(60(61,62)63)28-41(27-39)77-10/h11-14,24,26-28,31-33,35-36,38,50-51,54,66,71-73H,15-23,25,29-30H2,1-10H3,(H,64,76)/b13-11+,24-12+,34-14-/t32-,33+,35+,36+,50-,51+,54+,58-/m0/s1. The van der Waals surface area contributed by atoms with Gasteiger partial charge in [0.2, 0.25) is 11.7 Å². The third-order valence-corrected chi connectivity index (χ3v) is 16.8. The molecule has 1 aliphatic carbocycles. The van der Waals surface area contributed by atoms with Crippen LogP contribution in [0.15, 0.2) is 70.7 Å². The second-order valence-electron chi connectivity index (χ2n) is 23.4. The maximum Gasteiger partial charge on any atom is 0.416 e. The molecule has 8 atom stereocenters. The number of Topliss-reactive ketones (excluding diaryl/α,β-unsaturated/α-hetero) is 2. The number of benzene rings is 2. The van der Waals surface area contributed by atoms with Gasteiger partial charge in [-0.3, -0.25) is 29.0 Å². The number of methoxy groups -OCH3 is 1. The lowest BCUT2D eigenvalue weighted by Gasteiger charge is -2.38. The average Bonchev–Trinajstić information content (AvgIpc) is 4.14. The van der Waals surface area contributed by atoms with Crippen LogP contribution < -0.4 is 20.1 Å². The number of aliphatic hydroxyl groups is 2. The second kappa shape index (κ2) is 23.5. The minimum atomic E-state index is -4.55. The van der Waals surface area contributed by atoms with E-state index in [0.717, 1.165) is 18.7 Å². The number of nitrogens with zero attached hydrogens (tertiary/aromatic N) is 3. The highest BCUT2D eigenvalue weighted by atomic mass is 19.4. The number of fused-ring (bicyclic) bond motifs is 13. The Balaban J connectivity index is 1.05. The Bertz CT molecular complexity index is 2930. The van der Waals surface area contributed by atoms with Crippen molar-refractivity contribution in [2.24, 2.45) is 40.5 Å². The number of phenolic OH excluding ortho intramolecular Hbond substituents is 1. The van der Waals surface area contributed by atoms with Crippen molar-refractivity contribution >= 4 is 35.1 Å². The monoisotopic (exact) mass is 1120 g/mol. The number of halogens is 3. The largest absolute Gasteiger partial charge is 0.507 e. The van der Waals surface area contributed by atoms with Gasteiger partial charge in [-0.2, -0.15) is 13.2 Å². The van der Waals surface area contributed by atoms with Crippen molar-refractivity contribution in [3.05, 3.63) is 99.1 Å². The molecule has 2 amide bonds. The number of amides is 2. The highest BCUT2D eigenvalue weighted by Crippen LogP contribution is 2.50. The first kappa shape index (κ1) is 59.6. The van der Waals surface area contributed by atoms with Crippen LogP contribution in [0.2, 0.25) is 0 Å². The lowest BCUT2D eigenvalue weighted by molar-refractivity contribution is -0.162. The van der Waals surface area contributed by atoms with Crippen molar-refractivity contribution in [3.8, 4) is 17.2 Å². The molecule has 0 unspecified atom stereocenters. The molecule has 2 aromatic rings. The van der Waals surface area contributed by atoms with Gasteiger partial charge in [-0.05, 0) is 87.1 Å². The maximum absolute atomic E-state index is 14.9. The number of likely N-dealkylation sites (tertiary alicyclic amines) is 2. The van der Waals surface area contributed by atoms with Crippen LogP contribution in [-0.2, 0) is 36.5 Å². The van der Waals surface area contributed by atoms with E-state index >= 15 is 0 Å². The summed E-state index contributed by atoms with van der Waals surface area (Å²) >= 11 is 0. The number of allylic oxidation sites excluding steroid dienone is 5. The Morgan fingerprint density at radius 1 is 0.938 bits per heavy atom. The van der Waals surface area contributed by atoms with E-state index in [2.05, 4.69) is 29.4 Å². The first-order chi connectivity index (χ1) is 37.6. The summed E-state index contributed by atoms with van der Waals surface area (Å²) in [6.07, 6.45) is 1.64. The summed E-state index contributed by atoms with van der Waals surface area (Å²) in [5.41, 5.74) is -0.841. The summed E-state index contributed by atoms with van der Waals surface area (Å²) in [4.78, 5) is 80.3. The smallest absolute Gasteiger partial charge is 0.416 e. The van der Waals surface area contributed by atoms with E-state index in [1.807, 2.05) is 0 Å². The van der Waals surface area contributed by atoms with Crippen molar-refractivity contribution in [3.63, 3.8) is 0 Å². The van der Waals surface area contributed by atoms with Gasteiger partial charge in [0, 0.05) is 86.9 Å². The number of ether oxygens (including phenoxy) is 4. The number of alkyl halides is 3. The van der Waals surface area contributed by atoms with Gasteiger partial charge in [-0.25, -0.2) is 0 Å². The number of aromatic hydroxyl groups is 1. The zero-order valence-electron chi connectivity index (χ0n) is 47.3. The van der Waals surface area contributed by atoms with Gasteiger partial charge in [-0.15, -0.1) is 0 Å². The minimum Gasteiger partial charge on any atom is -0.507 e. The van der Waals surface area contributed by atoms with Gasteiger partial charge in [0.25, 0.3) is 11.7 Å². The van der Waals surface area contributed by atoms with Crippen LogP contribution in [-0.4, -0.2) is 130 Å². The maximum atomic E-state index is 14.9. The molecule has 6 heterocycles. The van der Waals surface area contributed by atoms with Crippen LogP contribution in [0.1, 0.15) is 137 Å². The average molecular weight is 1120 g/mol. The Hall–Kier alpha value is -6.51. The summed E-state index contributed by atoms with van der Waals surface area (Å²) in [5.74, 6) is -8.06. The number of carbonyl (C=O) groups excluding carboxylic acids is 5. The predicted molar refractivity (Wildman–Crippen MR) is 291 cm³/mol. The van der Waals surface area contributed by atoms with Gasteiger partial charge < -0.3 is 54.7 Å². The van der Waals surface area contributed by atoms with E-state index in [-0.39, 0.29) is 81.9 Å². The fourth-order valence-corrected chi connectivity index (χ4v) is 12.0. The molecule has 1 spiro atoms. The summed E-state index contributed by atoms with van der Waals surface area (Å²) in [6.45, 7) is 18.5. The molecule has 7 aliphatic rings. The number of aliphatic hydroxyl groups excluding tert-OH is 2. The van der Waals surface area contributed by atoms with Crippen molar-refractivity contribution in [2.45, 2.75) is 143 Å². The normalized spacial score (nSPS) is 29.2. The quantitative estimate of drug-likeness (QED) is 0.125. The highest BCUT2D eigenvalue weighted by molar-refractivity contribution is 6.34. The Kier molecular flexibility index (Phi) is 17.5. The number of carbonyl (C=O) groups is 5. The lowest BCUT2D eigenvalue weighted by Crippen LogP contribution is -2.50. The molecule has 2 fully saturated rings. The van der Waals surface area contributed by atoms with Crippen molar-refractivity contribution in [1.29, 1.82) is 0 Å². The van der Waals surface area contributed by atoms with Crippen LogP contribution >= 0.6 is 0 Å². The SMILES string of the molecule is COc1cc(CC2CCN(C(=O)CC(=O)O[C@H]3[C@H](C)[C@H](O)[C@H](C)[C@@H](O)[C@@H](C)/C=C/C=C(/C)C(=O)NC4=C5NC6(CCN(CC(C)C)CC6)N=C5c5c(c(O)c(C)c6c5C(=O)[C@@](C)(O/C=C/C[C@H]3C)O6)C4=O)CC2)cc(C(F)(F)F)c1. The van der Waals surface area contributed by atoms with Crippen LogP contribution in [0.25, 0.3) is 0 Å². The van der Waals surface area contributed by atoms with E-state index in [0.29, 0.717) is 56.7 Å². The topological polar surface area (TPSA) is 226 Å². The van der Waals surface area contributed by atoms with Crippen molar-refractivity contribution in [2.75, 3.05) is 39.8 Å². The Morgan fingerprint density at radius 3 is 2.27 bits per heavy atom. The number of hydrogen-bond donors (Lipinski definition) is 5. The van der Waals surface area contributed by atoms with Gasteiger partial charge in [0.15, 0.2) is 0 Å². The second-order valence-corrected chi connectivity index (χ2v) is 23.4. The van der Waals surface area contributed by atoms with Crippen molar-refractivity contribution in [1.82, 2.24) is 20.4 Å². The molecule has 0 aromatic heterocycles. The summed E-state index contributed by atoms with van der Waals surface area (Å²) in [7, 11) is 1.31. The molecule has 5 N–H and O–H groups in total. The molecular formula is C60H76F3N5O12. The molecule has 2 aromatic carbocycles. The van der Waals surface area contributed by atoms with Gasteiger partial charge in [0.05, 0.1) is 53.7 Å². The first-order valence-electron chi connectivity index (χ1n) is 27.8. The molecule has 434 valence electrons. The Labute approximate surface area is 465 Å².